The molecule has 1 fully saturated rings. The van der Waals surface area contributed by atoms with E-state index < -0.39 is 17.3 Å². The van der Waals surface area contributed by atoms with Gasteiger partial charge in [0.05, 0.1) is 22.6 Å². The number of carbonyl (C=O) groups excluding carboxylic acids is 1. The Balaban J connectivity index is 1.72. The first kappa shape index (κ1) is 16.5. The van der Waals surface area contributed by atoms with Crippen LogP contribution in [0.5, 0.6) is 0 Å². The Hall–Kier alpha value is -2.01. The predicted molar refractivity (Wildman–Crippen MR) is 97.9 cm³/mol. The van der Waals surface area contributed by atoms with Crippen molar-refractivity contribution in [3.8, 4) is 0 Å². The summed E-state index contributed by atoms with van der Waals surface area (Å²) < 4.78 is 0. The Morgan fingerprint density at radius 1 is 1.36 bits per heavy atom. The summed E-state index contributed by atoms with van der Waals surface area (Å²) in [7, 11) is 0. The Morgan fingerprint density at radius 2 is 2.08 bits per heavy atom. The molecule has 4 nitrogen and oxygen atoms in total. The lowest BCUT2D eigenvalue weighted by Crippen LogP contribution is -2.51. The van der Waals surface area contributed by atoms with Crippen molar-refractivity contribution in [2.45, 2.75) is 25.1 Å². The maximum atomic E-state index is 13.3. The van der Waals surface area contributed by atoms with Gasteiger partial charge in [0.2, 0.25) is 5.91 Å². The number of carboxylic acid groups (broad SMARTS) is 1. The lowest BCUT2D eigenvalue weighted by molar-refractivity contribution is -0.156. The molecule has 1 aliphatic carbocycles. The van der Waals surface area contributed by atoms with Gasteiger partial charge in [0.15, 0.2) is 0 Å². The Bertz CT molecular complexity index is 787. The molecular weight excluding hydrogens is 334 g/mol. The van der Waals surface area contributed by atoms with Crippen molar-refractivity contribution >= 4 is 23.6 Å². The van der Waals surface area contributed by atoms with Crippen LogP contribution >= 0.6 is 11.8 Å². The number of carbonyl (C=O) groups is 2. The molecule has 1 amide bonds. The van der Waals surface area contributed by atoms with E-state index in [0.717, 1.165) is 11.1 Å². The molecule has 1 aromatic carbocycles. The number of nitrogens with zero attached hydrogens (tertiary/aromatic N) is 1. The SMILES string of the molecule is CC(c1ccccc1)N1C[C@H]2C=C3C=CS[C@H]3[C@](C)(C(=O)O)[C@@H]2C1=O. The molecular formula is C20H21NO3S. The van der Waals surface area contributed by atoms with Crippen LogP contribution in [-0.4, -0.2) is 33.7 Å². The highest BCUT2D eigenvalue weighted by molar-refractivity contribution is 8.03. The number of allylic oxidation sites excluding steroid dienone is 1. The third-order valence-electron chi connectivity index (χ3n) is 5.97. The Kier molecular flexibility index (Phi) is 3.80. The average molecular weight is 355 g/mol. The van der Waals surface area contributed by atoms with E-state index in [1.807, 2.05) is 53.6 Å². The third kappa shape index (κ3) is 2.29. The van der Waals surface area contributed by atoms with Crippen molar-refractivity contribution in [3.63, 3.8) is 0 Å². The van der Waals surface area contributed by atoms with E-state index in [-0.39, 0.29) is 23.1 Å². The molecule has 25 heavy (non-hydrogen) atoms. The summed E-state index contributed by atoms with van der Waals surface area (Å²) in [6.07, 6.45) is 4.13. The van der Waals surface area contributed by atoms with Crippen molar-refractivity contribution in [1.82, 2.24) is 4.90 Å². The number of hydrogen-bond acceptors (Lipinski definition) is 3. The summed E-state index contributed by atoms with van der Waals surface area (Å²) >= 11 is 1.52. The number of thioether (sulfide) groups is 1. The maximum absolute atomic E-state index is 13.3. The number of carboxylic acids is 1. The highest BCUT2D eigenvalue weighted by Gasteiger charge is 2.61. The zero-order valence-corrected chi connectivity index (χ0v) is 15.1. The molecule has 5 heteroatoms. The largest absolute Gasteiger partial charge is 0.481 e. The molecule has 0 aromatic heterocycles. The van der Waals surface area contributed by atoms with E-state index in [2.05, 4.69) is 6.08 Å². The quantitative estimate of drug-likeness (QED) is 0.902. The van der Waals surface area contributed by atoms with Gasteiger partial charge in [-0.3, -0.25) is 9.59 Å². The van der Waals surface area contributed by atoms with Crippen molar-refractivity contribution in [3.05, 3.63) is 59.0 Å². The van der Waals surface area contributed by atoms with Crippen LogP contribution in [0, 0.1) is 17.3 Å². The minimum absolute atomic E-state index is 0.0333. The van der Waals surface area contributed by atoms with Gasteiger partial charge in [-0.1, -0.05) is 42.5 Å². The normalized spacial score (nSPS) is 34.5. The Labute approximate surface area is 151 Å². The van der Waals surface area contributed by atoms with Crippen LogP contribution in [0.25, 0.3) is 0 Å². The van der Waals surface area contributed by atoms with Gasteiger partial charge in [-0.05, 0) is 30.4 Å². The number of rotatable bonds is 3. The summed E-state index contributed by atoms with van der Waals surface area (Å²) in [6.45, 7) is 4.35. The molecule has 1 aromatic rings. The van der Waals surface area contributed by atoms with Gasteiger partial charge in [-0.2, -0.15) is 0 Å². The molecule has 3 aliphatic rings. The highest BCUT2D eigenvalue weighted by atomic mass is 32.2. The molecule has 1 saturated heterocycles. The second-order valence-electron chi connectivity index (χ2n) is 7.29. The van der Waals surface area contributed by atoms with Gasteiger partial charge in [-0.15, -0.1) is 11.8 Å². The fourth-order valence-electron chi connectivity index (χ4n) is 4.54. The summed E-state index contributed by atoms with van der Waals surface area (Å²) in [6, 6.07) is 9.87. The van der Waals surface area contributed by atoms with E-state index in [1.54, 1.807) is 6.92 Å². The van der Waals surface area contributed by atoms with Crippen LogP contribution in [0.15, 0.2) is 53.5 Å². The summed E-state index contributed by atoms with van der Waals surface area (Å²) in [5.41, 5.74) is 1.05. The number of amides is 1. The van der Waals surface area contributed by atoms with Crippen molar-refractivity contribution < 1.29 is 14.7 Å². The number of fused-ring (bicyclic) bond motifs is 2. The fraction of sp³-hybridized carbons (Fsp3) is 0.400. The lowest BCUT2D eigenvalue weighted by Gasteiger charge is -2.41. The monoisotopic (exact) mass is 355 g/mol. The molecule has 2 heterocycles. The predicted octanol–water partition coefficient (Wildman–Crippen LogP) is 3.48. The van der Waals surface area contributed by atoms with E-state index in [0.29, 0.717) is 6.54 Å². The molecule has 0 saturated carbocycles. The molecule has 0 radical (unpaired) electrons. The number of aliphatic carboxylic acids is 1. The number of hydrogen-bond donors (Lipinski definition) is 1. The fourth-order valence-corrected chi connectivity index (χ4v) is 5.78. The molecule has 4 rings (SSSR count). The highest BCUT2D eigenvalue weighted by Crippen LogP contribution is 2.55. The minimum Gasteiger partial charge on any atom is -0.481 e. The van der Waals surface area contributed by atoms with Crippen molar-refractivity contribution in [2.75, 3.05) is 6.54 Å². The summed E-state index contributed by atoms with van der Waals surface area (Å²) in [5, 5.41) is 11.8. The molecule has 0 bridgehead atoms. The molecule has 130 valence electrons. The zero-order chi connectivity index (χ0) is 17.8. The number of benzene rings is 1. The minimum atomic E-state index is -1.08. The van der Waals surface area contributed by atoms with Crippen molar-refractivity contribution in [2.24, 2.45) is 17.3 Å². The second-order valence-corrected chi connectivity index (χ2v) is 8.31. The van der Waals surface area contributed by atoms with E-state index >= 15 is 0 Å². The van der Waals surface area contributed by atoms with Crippen molar-refractivity contribution in [1.29, 1.82) is 0 Å². The molecule has 5 atom stereocenters. The van der Waals surface area contributed by atoms with Crippen LogP contribution in [0.1, 0.15) is 25.5 Å². The average Bonchev–Trinajstić information content (AvgIpc) is 3.20. The van der Waals surface area contributed by atoms with Crippen LogP contribution in [-0.2, 0) is 9.59 Å². The van der Waals surface area contributed by atoms with E-state index in [4.69, 9.17) is 0 Å². The number of likely N-dealkylation sites (tertiary alicyclic amines) is 1. The van der Waals surface area contributed by atoms with Crippen LogP contribution in [0.3, 0.4) is 0 Å². The second kappa shape index (κ2) is 5.77. The first-order valence-corrected chi connectivity index (χ1v) is 9.51. The first-order valence-electron chi connectivity index (χ1n) is 8.57. The van der Waals surface area contributed by atoms with Crippen LogP contribution in [0.2, 0.25) is 0 Å². The smallest absolute Gasteiger partial charge is 0.311 e. The zero-order valence-electron chi connectivity index (χ0n) is 14.3. The van der Waals surface area contributed by atoms with Crippen LogP contribution < -0.4 is 0 Å². The first-order chi connectivity index (χ1) is 11.9. The molecule has 0 spiro atoms. The van der Waals surface area contributed by atoms with Gasteiger partial charge < -0.3 is 10.0 Å². The topological polar surface area (TPSA) is 57.6 Å². The van der Waals surface area contributed by atoms with Gasteiger partial charge in [0, 0.05) is 12.5 Å². The van der Waals surface area contributed by atoms with Gasteiger partial charge >= 0.3 is 5.97 Å². The van der Waals surface area contributed by atoms with Gasteiger partial charge in [-0.25, -0.2) is 0 Å². The van der Waals surface area contributed by atoms with Gasteiger partial charge in [0.25, 0.3) is 0 Å². The molecule has 2 aliphatic heterocycles. The lowest BCUT2D eigenvalue weighted by atomic mass is 9.64. The molecule has 1 N–H and O–H groups in total. The van der Waals surface area contributed by atoms with Crippen LogP contribution in [0.4, 0.5) is 0 Å². The standard InChI is InChI=1S/C20H21NO3S/c1-12(13-6-4-3-5-7-13)21-11-15-10-14-8-9-25-17(14)20(2,19(23)24)16(15)18(21)22/h3-10,12,15-17H,11H2,1-2H3,(H,23,24)/t12?,15-,16+,17-,20-/m1/s1. The summed E-state index contributed by atoms with van der Waals surface area (Å²) in [5.74, 6) is -1.46. The maximum Gasteiger partial charge on any atom is 0.311 e. The van der Waals surface area contributed by atoms with E-state index in [9.17, 15) is 14.7 Å². The summed E-state index contributed by atoms with van der Waals surface area (Å²) in [4.78, 5) is 27.3. The Morgan fingerprint density at radius 3 is 2.76 bits per heavy atom. The van der Waals surface area contributed by atoms with Gasteiger partial charge in [0.1, 0.15) is 0 Å². The third-order valence-corrected chi connectivity index (χ3v) is 7.30. The molecule has 1 unspecified atom stereocenters. The van der Waals surface area contributed by atoms with E-state index in [1.165, 1.54) is 11.8 Å².